The number of nitrogens with zero attached hydrogens (tertiary/aromatic N) is 1. The number of aromatic hydroxyl groups is 1. The molecule has 31 heavy (non-hydrogen) atoms. The Morgan fingerprint density at radius 2 is 2.03 bits per heavy atom. The number of aromatic nitrogens is 1. The van der Waals surface area contributed by atoms with Crippen LogP contribution < -0.4 is 11.1 Å². The van der Waals surface area contributed by atoms with Crippen LogP contribution in [0, 0.1) is 11.3 Å². The molecule has 4 N–H and O–H groups in total. The third-order valence-corrected chi connectivity index (χ3v) is 7.40. The SMILES string of the molecule is CC(C)(C)C1CCc2nc3sc(C(=O)N[C@H](CN)Cc4ccc(O)cc4)cc3cc2C1. The summed E-state index contributed by atoms with van der Waals surface area (Å²) in [5.41, 5.74) is 9.74. The fourth-order valence-electron chi connectivity index (χ4n) is 4.34. The van der Waals surface area contributed by atoms with E-state index in [4.69, 9.17) is 10.7 Å². The van der Waals surface area contributed by atoms with Crippen LogP contribution in [0.5, 0.6) is 5.75 Å². The van der Waals surface area contributed by atoms with E-state index in [9.17, 15) is 9.90 Å². The second kappa shape index (κ2) is 8.60. The minimum absolute atomic E-state index is 0.109. The third kappa shape index (κ3) is 4.91. The van der Waals surface area contributed by atoms with Crippen molar-refractivity contribution < 1.29 is 9.90 Å². The molecule has 0 aliphatic heterocycles. The molecule has 0 saturated heterocycles. The summed E-state index contributed by atoms with van der Waals surface area (Å²) in [6, 6.07) is 11.0. The van der Waals surface area contributed by atoms with Gasteiger partial charge in [-0.2, -0.15) is 0 Å². The average molecular weight is 438 g/mol. The van der Waals surface area contributed by atoms with Crippen LogP contribution in [0.25, 0.3) is 10.2 Å². The number of phenols is 1. The maximum Gasteiger partial charge on any atom is 0.261 e. The van der Waals surface area contributed by atoms with Gasteiger partial charge in [0.25, 0.3) is 5.91 Å². The monoisotopic (exact) mass is 437 g/mol. The van der Waals surface area contributed by atoms with Crippen molar-refractivity contribution in [3.8, 4) is 5.75 Å². The first-order valence-corrected chi connectivity index (χ1v) is 11.8. The average Bonchev–Trinajstić information content (AvgIpc) is 3.15. The highest BCUT2D eigenvalue weighted by Crippen LogP contribution is 2.38. The third-order valence-electron chi connectivity index (χ3n) is 6.36. The van der Waals surface area contributed by atoms with Gasteiger partial charge in [0, 0.05) is 23.7 Å². The summed E-state index contributed by atoms with van der Waals surface area (Å²) in [5, 5.41) is 13.6. The topological polar surface area (TPSA) is 88.2 Å². The molecule has 0 spiro atoms. The highest BCUT2D eigenvalue weighted by atomic mass is 32.1. The number of hydrogen-bond acceptors (Lipinski definition) is 5. The summed E-state index contributed by atoms with van der Waals surface area (Å²) in [5.74, 6) is 0.778. The number of thiophene rings is 1. The van der Waals surface area contributed by atoms with Crippen molar-refractivity contribution >= 4 is 27.5 Å². The molecule has 1 unspecified atom stereocenters. The lowest BCUT2D eigenvalue weighted by atomic mass is 9.71. The van der Waals surface area contributed by atoms with Crippen LogP contribution in [0.1, 0.15) is 53.7 Å². The van der Waals surface area contributed by atoms with Gasteiger partial charge in [0.1, 0.15) is 10.6 Å². The number of nitrogens with two attached hydrogens (primary N) is 1. The normalized spacial score (nSPS) is 17.4. The standard InChI is InChI=1S/C25H31N3O2S/c1-25(2,3)18-6-9-21-16(12-18)11-17-13-22(31-24(17)28-21)23(30)27-19(14-26)10-15-4-7-20(29)8-5-15/h4-5,7-8,11,13,18-19,29H,6,9-10,12,14,26H2,1-3H3,(H,27,30)/t18?,19-/m0/s1. The lowest BCUT2D eigenvalue weighted by Crippen LogP contribution is -2.41. The molecule has 164 valence electrons. The summed E-state index contributed by atoms with van der Waals surface area (Å²) in [6.07, 6.45) is 3.85. The predicted molar refractivity (Wildman–Crippen MR) is 127 cm³/mol. The minimum Gasteiger partial charge on any atom is -0.508 e. The number of fused-ring (bicyclic) bond motifs is 2. The van der Waals surface area contributed by atoms with E-state index in [2.05, 4.69) is 32.2 Å². The molecule has 6 heteroatoms. The van der Waals surface area contributed by atoms with Crippen LogP contribution in [0.3, 0.4) is 0 Å². The van der Waals surface area contributed by atoms with Gasteiger partial charge in [-0.25, -0.2) is 4.98 Å². The van der Waals surface area contributed by atoms with E-state index >= 15 is 0 Å². The van der Waals surface area contributed by atoms with Crippen molar-refractivity contribution in [2.24, 2.45) is 17.1 Å². The molecular weight excluding hydrogens is 406 g/mol. The quantitative estimate of drug-likeness (QED) is 0.550. The first-order valence-electron chi connectivity index (χ1n) is 10.9. The molecule has 5 nitrogen and oxygen atoms in total. The first kappa shape index (κ1) is 21.8. The van der Waals surface area contributed by atoms with Crippen molar-refractivity contribution in [3.63, 3.8) is 0 Å². The molecule has 2 heterocycles. The summed E-state index contributed by atoms with van der Waals surface area (Å²) in [6.45, 7) is 7.29. The van der Waals surface area contributed by atoms with Gasteiger partial charge >= 0.3 is 0 Å². The van der Waals surface area contributed by atoms with Crippen molar-refractivity contribution in [1.29, 1.82) is 0 Å². The van der Waals surface area contributed by atoms with Crippen molar-refractivity contribution in [2.45, 2.75) is 52.5 Å². The van der Waals surface area contributed by atoms with Crippen LogP contribution in [0.4, 0.5) is 0 Å². The maximum atomic E-state index is 12.9. The number of carbonyl (C=O) groups excluding carboxylic acids is 1. The van der Waals surface area contributed by atoms with E-state index < -0.39 is 0 Å². The summed E-state index contributed by atoms with van der Waals surface area (Å²) in [4.78, 5) is 19.4. The molecule has 4 rings (SSSR count). The summed E-state index contributed by atoms with van der Waals surface area (Å²) < 4.78 is 0. The van der Waals surface area contributed by atoms with Gasteiger partial charge in [-0.3, -0.25) is 4.79 Å². The Hall–Kier alpha value is -2.44. The lowest BCUT2D eigenvalue weighted by Gasteiger charge is -2.34. The highest BCUT2D eigenvalue weighted by molar-refractivity contribution is 7.20. The van der Waals surface area contributed by atoms with Crippen molar-refractivity contribution in [1.82, 2.24) is 10.3 Å². The molecule has 2 aromatic heterocycles. The number of phenolic OH excluding ortho intramolecular Hbond substituents is 1. The lowest BCUT2D eigenvalue weighted by molar-refractivity contribution is 0.0942. The first-order chi connectivity index (χ1) is 14.7. The zero-order valence-corrected chi connectivity index (χ0v) is 19.3. The zero-order chi connectivity index (χ0) is 22.2. The van der Waals surface area contributed by atoms with Crippen LogP contribution in [0.2, 0.25) is 0 Å². The second-order valence-corrected chi connectivity index (χ2v) is 10.7. The Bertz CT molecular complexity index is 1080. The van der Waals surface area contributed by atoms with Crippen molar-refractivity contribution in [2.75, 3.05) is 6.54 Å². The second-order valence-electron chi connectivity index (χ2n) is 9.68. The van der Waals surface area contributed by atoms with Gasteiger partial charge in [0.05, 0.1) is 4.88 Å². The Kier molecular flexibility index (Phi) is 6.04. The molecule has 0 fully saturated rings. The Balaban J connectivity index is 1.50. The zero-order valence-electron chi connectivity index (χ0n) is 18.4. The smallest absolute Gasteiger partial charge is 0.261 e. The molecule has 0 saturated carbocycles. The number of amides is 1. The molecule has 1 aliphatic rings. The number of carbonyl (C=O) groups is 1. The molecule has 3 aromatic rings. The number of rotatable bonds is 5. The highest BCUT2D eigenvalue weighted by Gasteiger charge is 2.29. The summed E-state index contributed by atoms with van der Waals surface area (Å²) >= 11 is 1.45. The predicted octanol–water partition coefficient (Wildman–Crippen LogP) is 4.45. The van der Waals surface area contributed by atoms with E-state index in [0.717, 1.165) is 28.6 Å². The van der Waals surface area contributed by atoms with Crippen LogP contribution in [0.15, 0.2) is 36.4 Å². The fourth-order valence-corrected chi connectivity index (χ4v) is 5.28. The Morgan fingerprint density at radius 3 is 2.71 bits per heavy atom. The van der Waals surface area contributed by atoms with E-state index in [-0.39, 0.29) is 17.7 Å². The Morgan fingerprint density at radius 1 is 1.29 bits per heavy atom. The van der Waals surface area contributed by atoms with Gasteiger partial charge < -0.3 is 16.2 Å². The van der Waals surface area contributed by atoms with Gasteiger partial charge in [-0.05, 0) is 72.4 Å². The number of benzene rings is 1. The van der Waals surface area contributed by atoms with E-state index in [1.165, 1.54) is 29.0 Å². The molecule has 1 amide bonds. The largest absolute Gasteiger partial charge is 0.508 e. The molecule has 1 aromatic carbocycles. The number of aryl methyl sites for hydroxylation is 1. The van der Waals surface area contributed by atoms with E-state index in [1.807, 2.05) is 18.2 Å². The number of hydrogen-bond donors (Lipinski definition) is 3. The van der Waals surface area contributed by atoms with E-state index in [1.54, 1.807) is 12.1 Å². The van der Waals surface area contributed by atoms with Gasteiger partial charge in [-0.15, -0.1) is 11.3 Å². The van der Waals surface area contributed by atoms with Crippen LogP contribution >= 0.6 is 11.3 Å². The van der Waals surface area contributed by atoms with E-state index in [0.29, 0.717) is 29.2 Å². The maximum absolute atomic E-state index is 12.9. The molecule has 2 atom stereocenters. The molecule has 1 aliphatic carbocycles. The minimum atomic E-state index is -0.170. The number of nitrogens with one attached hydrogen (secondary N) is 1. The fraction of sp³-hybridized carbons (Fsp3) is 0.440. The van der Waals surface area contributed by atoms with Gasteiger partial charge in [0.15, 0.2) is 0 Å². The Labute approximate surface area is 187 Å². The van der Waals surface area contributed by atoms with Crippen molar-refractivity contribution in [3.05, 3.63) is 58.1 Å². The van der Waals surface area contributed by atoms with Gasteiger partial charge in [-0.1, -0.05) is 32.9 Å². The van der Waals surface area contributed by atoms with Crippen LogP contribution in [-0.4, -0.2) is 28.6 Å². The van der Waals surface area contributed by atoms with Crippen LogP contribution in [-0.2, 0) is 19.3 Å². The molecule has 0 radical (unpaired) electrons. The summed E-state index contributed by atoms with van der Waals surface area (Å²) in [7, 11) is 0. The van der Waals surface area contributed by atoms with Gasteiger partial charge in [0.2, 0.25) is 0 Å². The molecule has 0 bridgehead atoms. The number of pyridine rings is 1. The molecular formula is C25H31N3O2S.